The Balaban J connectivity index is 1.34. The molecule has 0 radical (unpaired) electrons. The lowest BCUT2D eigenvalue weighted by Crippen LogP contribution is -2.54. The van der Waals surface area contributed by atoms with Crippen LogP contribution >= 0.6 is 0 Å². The summed E-state index contributed by atoms with van der Waals surface area (Å²) >= 11 is 0. The molecule has 5 rings (SSSR count). The van der Waals surface area contributed by atoms with Gasteiger partial charge in [-0.1, -0.05) is 32.0 Å². The minimum atomic E-state index is -0.166. The van der Waals surface area contributed by atoms with Crippen molar-refractivity contribution in [3.63, 3.8) is 0 Å². The van der Waals surface area contributed by atoms with Crippen LogP contribution in [0.25, 0.3) is 0 Å². The summed E-state index contributed by atoms with van der Waals surface area (Å²) in [6, 6.07) is 9.42. The Morgan fingerprint density at radius 1 is 0.931 bits per heavy atom. The quantitative estimate of drug-likeness (QED) is 0.593. The number of Topliss-reactive ketones (excluding diaryl/α,β-unsaturated/α-hetero) is 1. The van der Waals surface area contributed by atoms with Crippen LogP contribution in [0.15, 0.2) is 30.3 Å². The van der Waals surface area contributed by atoms with Gasteiger partial charge < -0.3 is 4.74 Å². The van der Waals surface area contributed by atoms with Gasteiger partial charge in [-0.2, -0.15) is 0 Å². The van der Waals surface area contributed by atoms with Crippen LogP contribution in [0, 0.1) is 34.5 Å². The van der Waals surface area contributed by atoms with Gasteiger partial charge in [0.1, 0.15) is 11.9 Å². The summed E-state index contributed by atoms with van der Waals surface area (Å²) in [6.45, 7) is 4.88. The van der Waals surface area contributed by atoms with Crippen molar-refractivity contribution in [2.24, 2.45) is 34.5 Å². The first kappa shape index (κ1) is 19.3. The number of fused-ring (bicyclic) bond motifs is 5. The molecule has 0 saturated heterocycles. The molecule has 156 valence electrons. The standard InChI is InChI=1S/C26H34O3/c1-25-14-12-19(27)16-18(25)8-9-20-21-10-11-23(26(21,2)15-13-22(20)25)29-24(28)17-6-4-3-5-7-17/h3-7,18,20-23H,8-16H2,1-2H3/t18-,20-,21-,22-,23?,25-,26-/m0/s1. The zero-order valence-electron chi connectivity index (χ0n) is 17.9. The number of ketones is 1. The number of benzene rings is 1. The number of carbonyl (C=O) groups is 2. The maximum atomic E-state index is 12.7. The third kappa shape index (κ3) is 2.99. The monoisotopic (exact) mass is 394 g/mol. The van der Waals surface area contributed by atoms with Crippen molar-refractivity contribution in [1.82, 2.24) is 0 Å². The number of hydrogen-bond donors (Lipinski definition) is 0. The summed E-state index contributed by atoms with van der Waals surface area (Å²) in [5, 5.41) is 0. The molecule has 7 atom stereocenters. The van der Waals surface area contributed by atoms with E-state index in [9.17, 15) is 9.59 Å². The zero-order valence-corrected chi connectivity index (χ0v) is 17.9. The van der Waals surface area contributed by atoms with Crippen molar-refractivity contribution in [1.29, 1.82) is 0 Å². The minimum Gasteiger partial charge on any atom is -0.458 e. The van der Waals surface area contributed by atoms with Crippen molar-refractivity contribution in [3.8, 4) is 0 Å². The highest BCUT2D eigenvalue weighted by molar-refractivity contribution is 5.89. The van der Waals surface area contributed by atoms with Crippen molar-refractivity contribution in [2.45, 2.75) is 77.7 Å². The van der Waals surface area contributed by atoms with Crippen molar-refractivity contribution >= 4 is 11.8 Å². The number of hydrogen-bond acceptors (Lipinski definition) is 3. The molecule has 29 heavy (non-hydrogen) atoms. The van der Waals surface area contributed by atoms with E-state index in [2.05, 4.69) is 13.8 Å². The van der Waals surface area contributed by atoms with E-state index in [1.165, 1.54) is 25.7 Å². The predicted octanol–water partition coefficient (Wildman–Crippen LogP) is 5.82. The van der Waals surface area contributed by atoms with Crippen molar-refractivity contribution in [3.05, 3.63) is 35.9 Å². The zero-order chi connectivity index (χ0) is 20.2. The van der Waals surface area contributed by atoms with Crippen LogP contribution in [-0.4, -0.2) is 17.9 Å². The first-order valence-electron chi connectivity index (χ1n) is 11.7. The van der Waals surface area contributed by atoms with Crippen LogP contribution in [0.3, 0.4) is 0 Å². The molecule has 3 heteroatoms. The molecule has 0 bridgehead atoms. The number of rotatable bonds is 2. The molecule has 0 spiro atoms. The molecule has 0 aliphatic heterocycles. The van der Waals surface area contributed by atoms with E-state index in [0.717, 1.165) is 43.9 Å². The lowest BCUT2D eigenvalue weighted by atomic mass is 9.45. The van der Waals surface area contributed by atoms with Gasteiger partial charge in [-0.25, -0.2) is 4.79 Å². The van der Waals surface area contributed by atoms with E-state index < -0.39 is 0 Å². The van der Waals surface area contributed by atoms with Gasteiger partial charge >= 0.3 is 5.97 Å². The first-order valence-corrected chi connectivity index (χ1v) is 11.7. The van der Waals surface area contributed by atoms with E-state index in [0.29, 0.717) is 28.6 Å². The normalized spacial score (nSPS) is 43.8. The van der Waals surface area contributed by atoms with Gasteiger partial charge in [0.05, 0.1) is 5.56 Å². The Bertz CT molecular complexity index is 801. The second kappa shape index (κ2) is 6.96. The lowest BCUT2D eigenvalue weighted by Gasteiger charge is -2.60. The highest BCUT2D eigenvalue weighted by Gasteiger charge is 2.61. The largest absolute Gasteiger partial charge is 0.458 e. The van der Waals surface area contributed by atoms with Crippen LogP contribution in [0.2, 0.25) is 0 Å². The molecular formula is C26H34O3. The molecule has 4 aliphatic rings. The van der Waals surface area contributed by atoms with Crippen LogP contribution < -0.4 is 0 Å². The van der Waals surface area contributed by atoms with Crippen molar-refractivity contribution in [2.75, 3.05) is 0 Å². The van der Waals surface area contributed by atoms with Crippen LogP contribution in [-0.2, 0) is 9.53 Å². The Morgan fingerprint density at radius 2 is 1.69 bits per heavy atom. The topological polar surface area (TPSA) is 43.4 Å². The summed E-state index contributed by atoms with van der Waals surface area (Å²) in [5.41, 5.74) is 1.11. The Labute approximate surface area is 174 Å². The molecule has 0 amide bonds. The fraction of sp³-hybridized carbons (Fsp3) is 0.692. The third-order valence-corrected chi connectivity index (χ3v) is 9.65. The maximum Gasteiger partial charge on any atom is 0.338 e. The molecular weight excluding hydrogens is 360 g/mol. The van der Waals surface area contributed by atoms with Gasteiger partial charge in [0.2, 0.25) is 0 Å². The van der Waals surface area contributed by atoms with Crippen LogP contribution in [0.1, 0.15) is 82.0 Å². The molecule has 3 nitrogen and oxygen atoms in total. The summed E-state index contributed by atoms with van der Waals surface area (Å²) < 4.78 is 6.11. The average molecular weight is 395 g/mol. The second-order valence-electron chi connectivity index (χ2n) is 10.8. The van der Waals surface area contributed by atoms with Gasteiger partial charge in [-0.15, -0.1) is 0 Å². The molecule has 4 aliphatic carbocycles. The first-order chi connectivity index (χ1) is 13.9. The Hall–Kier alpha value is -1.64. The molecule has 0 N–H and O–H groups in total. The number of carbonyl (C=O) groups excluding carboxylic acids is 2. The van der Waals surface area contributed by atoms with E-state index in [1.807, 2.05) is 30.3 Å². The summed E-state index contributed by atoms with van der Waals surface area (Å²) in [5.74, 6) is 3.06. The second-order valence-corrected chi connectivity index (χ2v) is 10.8. The fourth-order valence-electron chi connectivity index (χ4n) is 7.96. The van der Waals surface area contributed by atoms with E-state index in [4.69, 9.17) is 4.74 Å². The van der Waals surface area contributed by atoms with Gasteiger partial charge in [-0.05, 0) is 86.2 Å². The van der Waals surface area contributed by atoms with Crippen molar-refractivity contribution < 1.29 is 14.3 Å². The van der Waals surface area contributed by atoms with E-state index in [-0.39, 0.29) is 17.5 Å². The average Bonchev–Trinajstić information content (AvgIpc) is 3.05. The van der Waals surface area contributed by atoms with E-state index >= 15 is 0 Å². The summed E-state index contributed by atoms with van der Waals surface area (Å²) in [7, 11) is 0. The van der Waals surface area contributed by atoms with Gasteiger partial charge in [0.25, 0.3) is 0 Å². The van der Waals surface area contributed by atoms with Crippen LogP contribution in [0.4, 0.5) is 0 Å². The third-order valence-electron chi connectivity index (χ3n) is 9.65. The minimum absolute atomic E-state index is 0.0413. The molecule has 1 aromatic carbocycles. The Morgan fingerprint density at radius 3 is 2.48 bits per heavy atom. The SMILES string of the molecule is C[C@]12CCC(=O)C[C@@H]1CC[C@@H]1[C@@H]2CC[C@]2(C)C(OC(=O)c3ccccc3)CC[C@@H]12. The predicted molar refractivity (Wildman–Crippen MR) is 112 cm³/mol. The highest BCUT2D eigenvalue weighted by Crippen LogP contribution is 2.66. The lowest BCUT2D eigenvalue weighted by molar-refractivity contribution is -0.142. The van der Waals surface area contributed by atoms with Gasteiger partial charge in [0.15, 0.2) is 0 Å². The molecule has 1 aromatic rings. The smallest absolute Gasteiger partial charge is 0.338 e. The fourth-order valence-corrected chi connectivity index (χ4v) is 7.96. The number of ether oxygens (including phenoxy) is 1. The molecule has 0 aromatic heterocycles. The molecule has 4 fully saturated rings. The summed E-state index contributed by atoms with van der Waals surface area (Å²) in [4.78, 5) is 24.8. The Kier molecular flexibility index (Phi) is 4.64. The molecule has 0 heterocycles. The molecule has 4 saturated carbocycles. The molecule has 1 unspecified atom stereocenters. The summed E-state index contributed by atoms with van der Waals surface area (Å²) in [6.07, 6.45) is 9.79. The maximum absolute atomic E-state index is 12.7. The van der Waals surface area contributed by atoms with Gasteiger partial charge in [0, 0.05) is 18.3 Å². The van der Waals surface area contributed by atoms with Gasteiger partial charge in [-0.3, -0.25) is 4.79 Å². The van der Waals surface area contributed by atoms with E-state index in [1.54, 1.807) is 0 Å². The highest BCUT2D eigenvalue weighted by atomic mass is 16.5. The number of esters is 1. The van der Waals surface area contributed by atoms with Crippen LogP contribution in [0.5, 0.6) is 0 Å².